The van der Waals surface area contributed by atoms with Crippen LogP contribution in [0.25, 0.3) is 10.9 Å². The predicted octanol–water partition coefficient (Wildman–Crippen LogP) is 4.88. The Kier molecular flexibility index (Phi) is 3.41. The van der Waals surface area contributed by atoms with Gasteiger partial charge in [0.15, 0.2) is 0 Å². The van der Waals surface area contributed by atoms with Gasteiger partial charge in [-0.3, -0.25) is 0 Å². The van der Waals surface area contributed by atoms with E-state index in [1.807, 2.05) is 24.3 Å². The minimum absolute atomic E-state index is 0.298. The summed E-state index contributed by atoms with van der Waals surface area (Å²) in [5.74, 6) is 0. The zero-order valence-electron chi connectivity index (χ0n) is 11.4. The number of anilines is 1. The number of benzene rings is 2. The van der Waals surface area contributed by atoms with Crippen LogP contribution >= 0.6 is 11.6 Å². The van der Waals surface area contributed by atoms with E-state index in [-0.39, 0.29) is 0 Å². The van der Waals surface area contributed by atoms with Crippen LogP contribution < -0.4 is 5.73 Å². The molecule has 3 heteroatoms. The third-order valence-electron chi connectivity index (χ3n) is 3.77. The molecular formula is C17H17ClN2. The van der Waals surface area contributed by atoms with Crippen LogP contribution in [0.5, 0.6) is 0 Å². The zero-order chi connectivity index (χ0) is 14.1. The Labute approximate surface area is 123 Å². The van der Waals surface area contributed by atoms with Gasteiger partial charge in [-0.2, -0.15) is 0 Å². The quantitative estimate of drug-likeness (QED) is 0.683. The summed E-state index contributed by atoms with van der Waals surface area (Å²) in [6.45, 7) is 2.19. The van der Waals surface area contributed by atoms with Crippen molar-refractivity contribution in [1.82, 2.24) is 4.57 Å². The fourth-order valence-electron chi connectivity index (χ4n) is 2.76. The highest BCUT2D eigenvalue weighted by Gasteiger charge is 2.14. The van der Waals surface area contributed by atoms with Crippen LogP contribution in [0.15, 0.2) is 54.7 Å². The Hall–Kier alpha value is -1.93. The molecule has 1 aromatic heterocycles. The number of nitrogens with two attached hydrogens (primary N) is 1. The molecule has 3 rings (SSSR count). The lowest BCUT2D eigenvalue weighted by atomic mass is 10.0. The third kappa shape index (κ3) is 2.16. The highest BCUT2D eigenvalue weighted by Crippen LogP contribution is 2.30. The van der Waals surface area contributed by atoms with Gasteiger partial charge in [0.1, 0.15) is 0 Å². The van der Waals surface area contributed by atoms with Crippen LogP contribution in [0.4, 0.5) is 5.69 Å². The lowest BCUT2D eigenvalue weighted by molar-refractivity contribution is 0.585. The second kappa shape index (κ2) is 5.22. The van der Waals surface area contributed by atoms with E-state index in [4.69, 9.17) is 17.3 Å². The molecule has 0 spiro atoms. The van der Waals surface area contributed by atoms with Crippen LogP contribution in [0.1, 0.15) is 24.9 Å². The Morgan fingerprint density at radius 1 is 1.10 bits per heavy atom. The van der Waals surface area contributed by atoms with Gasteiger partial charge in [-0.15, -0.1) is 0 Å². The lowest BCUT2D eigenvalue weighted by Crippen LogP contribution is -2.08. The monoisotopic (exact) mass is 284 g/mol. The van der Waals surface area contributed by atoms with Crippen molar-refractivity contribution in [2.45, 2.75) is 19.4 Å². The largest absolute Gasteiger partial charge is 0.398 e. The molecule has 0 aliphatic rings. The van der Waals surface area contributed by atoms with Crippen LogP contribution in [-0.2, 0) is 0 Å². The third-order valence-corrected chi connectivity index (χ3v) is 4.03. The van der Waals surface area contributed by atoms with E-state index in [0.717, 1.165) is 22.5 Å². The Bertz CT molecular complexity index is 728. The molecule has 0 saturated heterocycles. The Morgan fingerprint density at radius 2 is 1.85 bits per heavy atom. The molecule has 2 aromatic carbocycles. The Balaban J connectivity index is 2.12. The predicted molar refractivity (Wildman–Crippen MR) is 86.2 cm³/mol. The summed E-state index contributed by atoms with van der Waals surface area (Å²) < 4.78 is 2.29. The number of hydrogen-bond donors (Lipinski definition) is 1. The van der Waals surface area contributed by atoms with Crippen molar-refractivity contribution in [3.63, 3.8) is 0 Å². The molecule has 3 aromatic rings. The first kappa shape index (κ1) is 13.1. The Morgan fingerprint density at radius 3 is 2.55 bits per heavy atom. The highest BCUT2D eigenvalue weighted by molar-refractivity contribution is 6.30. The number of aromatic nitrogens is 1. The molecular weight excluding hydrogens is 268 g/mol. The summed E-state index contributed by atoms with van der Waals surface area (Å²) >= 11 is 5.98. The molecule has 20 heavy (non-hydrogen) atoms. The molecule has 1 heterocycles. The van der Waals surface area contributed by atoms with E-state index < -0.39 is 0 Å². The summed E-state index contributed by atoms with van der Waals surface area (Å²) in [6.07, 6.45) is 3.13. The zero-order valence-corrected chi connectivity index (χ0v) is 12.1. The van der Waals surface area contributed by atoms with Crippen molar-refractivity contribution in [3.05, 3.63) is 65.3 Å². The average molecular weight is 285 g/mol. The van der Waals surface area contributed by atoms with Gasteiger partial charge < -0.3 is 10.3 Å². The summed E-state index contributed by atoms with van der Waals surface area (Å²) in [4.78, 5) is 0. The lowest BCUT2D eigenvalue weighted by Gasteiger charge is -2.19. The molecule has 2 nitrogen and oxygen atoms in total. The van der Waals surface area contributed by atoms with Gasteiger partial charge in [-0.05, 0) is 42.3 Å². The SMILES string of the molecule is CCC(c1ccc(Cl)cc1)n1ccc2c(N)cccc21. The topological polar surface area (TPSA) is 30.9 Å². The second-order valence-corrected chi connectivity index (χ2v) is 5.42. The van der Waals surface area contributed by atoms with Gasteiger partial charge in [0.25, 0.3) is 0 Å². The molecule has 0 saturated carbocycles. The number of nitrogen functional groups attached to an aromatic ring is 1. The maximum atomic E-state index is 6.04. The van der Waals surface area contributed by atoms with Crippen molar-refractivity contribution in [2.24, 2.45) is 0 Å². The van der Waals surface area contributed by atoms with Crippen molar-refractivity contribution in [3.8, 4) is 0 Å². The minimum atomic E-state index is 0.298. The van der Waals surface area contributed by atoms with Crippen molar-refractivity contribution < 1.29 is 0 Å². The average Bonchev–Trinajstić information content (AvgIpc) is 2.87. The van der Waals surface area contributed by atoms with E-state index in [1.165, 1.54) is 11.1 Å². The first-order valence-electron chi connectivity index (χ1n) is 6.81. The molecule has 1 unspecified atom stereocenters. The summed E-state index contributed by atoms with van der Waals surface area (Å²) in [7, 11) is 0. The molecule has 2 N–H and O–H groups in total. The maximum absolute atomic E-state index is 6.04. The smallest absolute Gasteiger partial charge is 0.0583 e. The molecule has 1 atom stereocenters. The first-order valence-corrected chi connectivity index (χ1v) is 7.19. The number of hydrogen-bond acceptors (Lipinski definition) is 1. The van der Waals surface area contributed by atoms with Gasteiger partial charge in [0.2, 0.25) is 0 Å². The van der Waals surface area contributed by atoms with E-state index in [2.05, 4.69) is 42.0 Å². The fraction of sp³-hybridized carbons (Fsp3) is 0.176. The number of rotatable bonds is 3. The van der Waals surface area contributed by atoms with Gasteiger partial charge >= 0.3 is 0 Å². The first-order chi connectivity index (χ1) is 9.70. The van der Waals surface area contributed by atoms with Gasteiger partial charge in [-0.1, -0.05) is 36.7 Å². The molecule has 0 radical (unpaired) electrons. The normalized spacial score (nSPS) is 12.7. The summed E-state index contributed by atoms with van der Waals surface area (Å²) in [5, 5.41) is 1.88. The van der Waals surface area contributed by atoms with E-state index in [1.54, 1.807) is 0 Å². The molecule has 0 amide bonds. The number of nitrogens with zero attached hydrogens (tertiary/aromatic N) is 1. The standard InChI is InChI=1S/C17H17ClN2/c1-2-16(12-6-8-13(18)9-7-12)20-11-10-14-15(19)4-3-5-17(14)20/h3-11,16H,2,19H2,1H3. The van der Waals surface area contributed by atoms with Crippen molar-refractivity contribution in [2.75, 3.05) is 5.73 Å². The fourth-order valence-corrected chi connectivity index (χ4v) is 2.89. The van der Waals surface area contributed by atoms with Crippen LogP contribution in [0.3, 0.4) is 0 Å². The molecule has 0 fully saturated rings. The van der Waals surface area contributed by atoms with Crippen molar-refractivity contribution in [1.29, 1.82) is 0 Å². The summed E-state index contributed by atoms with van der Waals surface area (Å²) in [5.41, 5.74) is 9.30. The molecule has 0 aliphatic heterocycles. The molecule has 0 aliphatic carbocycles. The van der Waals surface area contributed by atoms with Crippen LogP contribution in [0, 0.1) is 0 Å². The summed E-state index contributed by atoms with van der Waals surface area (Å²) in [6, 6.07) is 16.5. The number of fused-ring (bicyclic) bond motifs is 1. The van der Waals surface area contributed by atoms with Crippen LogP contribution in [-0.4, -0.2) is 4.57 Å². The van der Waals surface area contributed by atoms with E-state index in [9.17, 15) is 0 Å². The van der Waals surface area contributed by atoms with Gasteiger partial charge in [0, 0.05) is 22.3 Å². The van der Waals surface area contributed by atoms with Crippen molar-refractivity contribution >= 4 is 28.2 Å². The van der Waals surface area contributed by atoms with Gasteiger partial charge in [0.05, 0.1) is 11.6 Å². The van der Waals surface area contributed by atoms with E-state index in [0.29, 0.717) is 6.04 Å². The number of halogens is 1. The van der Waals surface area contributed by atoms with E-state index >= 15 is 0 Å². The highest BCUT2D eigenvalue weighted by atomic mass is 35.5. The molecule has 102 valence electrons. The van der Waals surface area contributed by atoms with Crippen LogP contribution in [0.2, 0.25) is 5.02 Å². The minimum Gasteiger partial charge on any atom is -0.398 e. The maximum Gasteiger partial charge on any atom is 0.0583 e. The second-order valence-electron chi connectivity index (χ2n) is 4.98. The molecule has 0 bridgehead atoms. The van der Waals surface area contributed by atoms with Gasteiger partial charge in [-0.25, -0.2) is 0 Å².